The molecule has 104 valence electrons. The van der Waals surface area contributed by atoms with E-state index in [-0.39, 0.29) is 5.75 Å². The fourth-order valence-corrected chi connectivity index (χ4v) is 1.90. The number of aromatic hydroxyl groups is 1. The van der Waals surface area contributed by atoms with Crippen LogP contribution in [0.4, 0.5) is 17.2 Å². The number of hydrogen-bond acceptors (Lipinski definition) is 5. The summed E-state index contributed by atoms with van der Waals surface area (Å²) in [6.07, 6.45) is 1.65. The smallest absolute Gasteiger partial charge is 0.174 e. The molecule has 2 rings (SSSR count). The van der Waals surface area contributed by atoms with Crippen LogP contribution in [0.2, 0.25) is 0 Å². The van der Waals surface area contributed by atoms with Crippen LogP contribution < -0.4 is 4.90 Å². The number of hydrogen-bond donors (Lipinski definition) is 1. The number of benzene rings is 1. The first-order valence-corrected chi connectivity index (χ1v) is 6.65. The van der Waals surface area contributed by atoms with Crippen LogP contribution in [0.5, 0.6) is 5.75 Å². The van der Waals surface area contributed by atoms with Crippen molar-refractivity contribution in [1.82, 2.24) is 4.98 Å². The third-order valence-corrected chi connectivity index (χ3v) is 3.00. The molecule has 0 amide bonds. The molecule has 0 radical (unpaired) electrons. The lowest BCUT2D eigenvalue weighted by Crippen LogP contribution is -2.21. The zero-order chi connectivity index (χ0) is 14.4. The summed E-state index contributed by atoms with van der Waals surface area (Å²) in [5.41, 5.74) is 1.41. The Balaban J connectivity index is 2.20. The van der Waals surface area contributed by atoms with Crippen LogP contribution in [0.15, 0.2) is 52.8 Å². The van der Waals surface area contributed by atoms with Crippen molar-refractivity contribution in [2.24, 2.45) is 10.2 Å². The van der Waals surface area contributed by atoms with E-state index in [1.54, 1.807) is 24.4 Å². The predicted octanol–water partition coefficient (Wildman–Crippen LogP) is 4.05. The predicted molar refractivity (Wildman–Crippen MR) is 80.1 cm³/mol. The van der Waals surface area contributed by atoms with Crippen molar-refractivity contribution < 1.29 is 5.11 Å². The quantitative estimate of drug-likeness (QED) is 0.834. The molecule has 0 bridgehead atoms. The fraction of sp³-hybridized carbons (Fsp3) is 0.267. The van der Waals surface area contributed by atoms with Crippen molar-refractivity contribution in [1.29, 1.82) is 0 Å². The first kappa shape index (κ1) is 14.0. The Hall–Kier alpha value is -2.43. The second-order valence-electron chi connectivity index (χ2n) is 4.23. The molecule has 1 aromatic heterocycles. The van der Waals surface area contributed by atoms with Crippen LogP contribution in [0, 0.1) is 0 Å². The summed E-state index contributed by atoms with van der Waals surface area (Å²) in [5.74, 6) is 0.633. The number of azo groups is 1. The molecule has 0 unspecified atom stereocenters. The summed E-state index contributed by atoms with van der Waals surface area (Å²) in [4.78, 5) is 6.20. The number of phenols is 1. The summed E-state index contributed by atoms with van der Waals surface area (Å²) in [7, 11) is 0. The normalized spacial score (nSPS) is 10.9. The molecule has 0 atom stereocenters. The van der Waals surface area contributed by atoms with Gasteiger partial charge in [0, 0.05) is 31.0 Å². The molecule has 5 heteroatoms. The fourth-order valence-electron chi connectivity index (χ4n) is 1.90. The van der Waals surface area contributed by atoms with E-state index in [4.69, 9.17) is 0 Å². The lowest BCUT2D eigenvalue weighted by atomic mass is 10.2. The molecular formula is C15H18N4O. The zero-order valence-electron chi connectivity index (χ0n) is 11.7. The van der Waals surface area contributed by atoms with E-state index in [0.717, 1.165) is 18.8 Å². The molecular weight excluding hydrogens is 252 g/mol. The highest BCUT2D eigenvalue weighted by molar-refractivity contribution is 5.61. The van der Waals surface area contributed by atoms with Gasteiger partial charge >= 0.3 is 0 Å². The second-order valence-corrected chi connectivity index (χ2v) is 4.23. The summed E-state index contributed by atoms with van der Waals surface area (Å²) in [5, 5.41) is 18.0. The van der Waals surface area contributed by atoms with Crippen molar-refractivity contribution in [3.8, 4) is 5.75 Å². The van der Waals surface area contributed by atoms with Crippen LogP contribution in [0.25, 0.3) is 0 Å². The van der Waals surface area contributed by atoms with Crippen LogP contribution in [-0.4, -0.2) is 23.2 Å². The Kier molecular flexibility index (Phi) is 4.65. The van der Waals surface area contributed by atoms with Crippen molar-refractivity contribution >= 4 is 17.2 Å². The topological polar surface area (TPSA) is 61.1 Å². The van der Waals surface area contributed by atoms with E-state index in [1.807, 2.05) is 18.2 Å². The van der Waals surface area contributed by atoms with Gasteiger partial charge in [0.2, 0.25) is 0 Å². The minimum atomic E-state index is 0.120. The second kappa shape index (κ2) is 6.65. The largest absolute Gasteiger partial charge is 0.506 e. The van der Waals surface area contributed by atoms with Gasteiger partial charge in [-0.2, -0.15) is 0 Å². The average Bonchev–Trinajstić information content (AvgIpc) is 2.49. The monoisotopic (exact) mass is 270 g/mol. The maximum atomic E-state index is 10.0. The van der Waals surface area contributed by atoms with E-state index in [0.29, 0.717) is 11.5 Å². The average molecular weight is 270 g/mol. The number of aromatic nitrogens is 1. The summed E-state index contributed by atoms with van der Waals surface area (Å²) in [6, 6.07) is 10.8. The Morgan fingerprint density at radius 1 is 1.10 bits per heavy atom. The van der Waals surface area contributed by atoms with E-state index in [9.17, 15) is 5.11 Å². The molecule has 0 aliphatic rings. The highest BCUT2D eigenvalue weighted by atomic mass is 16.3. The summed E-state index contributed by atoms with van der Waals surface area (Å²) < 4.78 is 0. The van der Waals surface area contributed by atoms with Gasteiger partial charge in [-0.05, 0) is 38.1 Å². The number of nitrogens with zero attached hydrogens (tertiary/aromatic N) is 4. The van der Waals surface area contributed by atoms with Gasteiger partial charge < -0.3 is 10.0 Å². The van der Waals surface area contributed by atoms with E-state index < -0.39 is 0 Å². The van der Waals surface area contributed by atoms with Gasteiger partial charge in [0.25, 0.3) is 0 Å². The van der Waals surface area contributed by atoms with Gasteiger partial charge in [-0.1, -0.05) is 6.07 Å². The molecule has 1 heterocycles. The third-order valence-electron chi connectivity index (χ3n) is 3.00. The molecule has 0 saturated heterocycles. The molecule has 1 N–H and O–H groups in total. The highest BCUT2D eigenvalue weighted by Gasteiger charge is 2.06. The van der Waals surface area contributed by atoms with Gasteiger partial charge in [0.05, 0.1) is 0 Å². The molecule has 1 aromatic carbocycles. The molecule has 0 aliphatic carbocycles. The van der Waals surface area contributed by atoms with Crippen molar-refractivity contribution in [2.75, 3.05) is 18.0 Å². The van der Waals surface area contributed by atoms with Crippen molar-refractivity contribution in [2.45, 2.75) is 13.8 Å². The molecule has 5 nitrogen and oxygen atoms in total. The number of phenolic OH excluding ortho intramolecular Hbond substituents is 1. The van der Waals surface area contributed by atoms with E-state index in [2.05, 4.69) is 34.0 Å². The SMILES string of the molecule is CCN(CC)c1ccc(N=Nc2ccccn2)c(O)c1. The lowest BCUT2D eigenvalue weighted by Gasteiger charge is -2.21. The maximum Gasteiger partial charge on any atom is 0.174 e. The van der Waals surface area contributed by atoms with Crippen LogP contribution >= 0.6 is 0 Å². The summed E-state index contributed by atoms with van der Waals surface area (Å²) >= 11 is 0. The minimum Gasteiger partial charge on any atom is -0.506 e. The molecule has 2 aromatic rings. The Morgan fingerprint density at radius 2 is 1.90 bits per heavy atom. The van der Waals surface area contributed by atoms with Gasteiger partial charge in [-0.25, -0.2) is 4.98 Å². The molecule has 0 aliphatic heterocycles. The van der Waals surface area contributed by atoms with Gasteiger partial charge in [0.1, 0.15) is 11.4 Å². The maximum absolute atomic E-state index is 10.0. The minimum absolute atomic E-state index is 0.120. The first-order valence-electron chi connectivity index (χ1n) is 6.65. The molecule has 0 spiro atoms. The number of rotatable bonds is 5. The third kappa shape index (κ3) is 3.32. The Morgan fingerprint density at radius 3 is 2.50 bits per heavy atom. The molecule has 0 fully saturated rings. The molecule has 0 saturated carbocycles. The van der Waals surface area contributed by atoms with Gasteiger partial charge in [-0.3, -0.25) is 0 Å². The van der Waals surface area contributed by atoms with Crippen LogP contribution in [-0.2, 0) is 0 Å². The summed E-state index contributed by atoms with van der Waals surface area (Å²) in [6.45, 7) is 5.94. The molecule has 20 heavy (non-hydrogen) atoms. The van der Waals surface area contributed by atoms with Gasteiger partial charge in [-0.15, -0.1) is 10.2 Å². The van der Waals surface area contributed by atoms with Crippen molar-refractivity contribution in [3.63, 3.8) is 0 Å². The lowest BCUT2D eigenvalue weighted by molar-refractivity contribution is 0.476. The Labute approximate surface area is 118 Å². The number of anilines is 1. The zero-order valence-corrected chi connectivity index (χ0v) is 11.7. The first-order chi connectivity index (χ1) is 9.74. The standard InChI is InChI=1S/C15H18N4O/c1-3-19(4-2)12-8-9-13(14(20)11-12)17-18-15-7-5-6-10-16-15/h5-11,20H,3-4H2,1-2H3. The van der Waals surface area contributed by atoms with Crippen LogP contribution in [0.1, 0.15) is 13.8 Å². The van der Waals surface area contributed by atoms with Crippen LogP contribution in [0.3, 0.4) is 0 Å². The van der Waals surface area contributed by atoms with Gasteiger partial charge in [0.15, 0.2) is 5.82 Å². The Bertz CT molecular complexity index is 580. The van der Waals surface area contributed by atoms with Crippen molar-refractivity contribution in [3.05, 3.63) is 42.6 Å². The van der Waals surface area contributed by atoms with E-state index >= 15 is 0 Å². The van der Waals surface area contributed by atoms with E-state index in [1.165, 1.54) is 0 Å². The number of pyridine rings is 1. The highest BCUT2D eigenvalue weighted by Crippen LogP contribution is 2.31.